The Morgan fingerprint density at radius 2 is 1.92 bits per heavy atom. The Morgan fingerprint density at radius 1 is 1.24 bits per heavy atom. The standard InChI is InChI=1S/C14H16F4N6.HI/c1-19-13(21-7-12-22-8-23-24(12)2)20-6-9-3-4-10(15)5-11(9)14(16,17)18;/h3-5,8H,6-7H2,1-2H3,(H2,19,20,21);1H. The molecule has 1 aromatic carbocycles. The molecule has 0 bridgehead atoms. The maximum absolute atomic E-state index is 13.1. The maximum Gasteiger partial charge on any atom is 0.416 e. The molecule has 6 nitrogen and oxygen atoms in total. The lowest BCUT2D eigenvalue weighted by atomic mass is 10.1. The van der Waals surface area contributed by atoms with E-state index in [4.69, 9.17) is 0 Å². The molecule has 0 radical (unpaired) electrons. The number of nitrogens with zero attached hydrogens (tertiary/aromatic N) is 4. The van der Waals surface area contributed by atoms with E-state index in [0.717, 1.165) is 12.1 Å². The Morgan fingerprint density at radius 3 is 2.48 bits per heavy atom. The zero-order chi connectivity index (χ0) is 17.7. The Labute approximate surface area is 158 Å². The molecule has 0 atom stereocenters. The quantitative estimate of drug-likeness (QED) is 0.311. The molecule has 0 saturated carbocycles. The number of guanidine groups is 1. The summed E-state index contributed by atoms with van der Waals surface area (Å²) >= 11 is 0. The van der Waals surface area contributed by atoms with Crippen LogP contribution in [0.3, 0.4) is 0 Å². The monoisotopic (exact) mass is 472 g/mol. The van der Waals surface area contributed by atoms with Gasteiger partial charge in [-0.1, -0.05) is 6.07 Å². The van der Waals surface area contributed by atoms with E-state index in [0.29, 0.717) is 18.4 Å². The molecule has 0 amide bonds. The Hall–Kier alpha value is -1.92. The van der Waals surface area contributed by atoms with Crippen LogP contribution < -0.4 is 10.6 Å². The molecular weight excluding hydrogens is 455 g/mol. The van der Waals surface area contributed by atoms with Gasteiger partial charge in [0.15, 0.2) is 5.96 Å². The van der Waals surface area contributed by atoms with Gasteiger partial charge in [-0.2, -0.15) is 18.3 Å². The van der Waals surface area contributed by atoms with E-state index in [-0.39, 0.29) is 42.0 Å². The van der Waals surface area contributed by atoms with Crippen molar-refractivity contribution in [1.29, 1.82) is 0 Å². The average molecular weight is 472 g/mol. The summed E-state index contributed by atoms with van der Waals surface area (Å²) in [5, 5.41) is 9.58. The fraction of sp³-hybridized carbons (Fsp3) is 0.357. The smallest absolute Gasteiger partial charge is 0.352 e. The number of rotatable bonds is 4. The largest absolute Gasteiger partial charge is 0.416 e. The second-order valence-electron chi connectivity index (χ2n) is 4.88. The van der Waals surface area contributed by atoms with Gasteiger partial charge in [-0.15, -0.1) is 24.0 Å². The van der Waals surface area contributed by atoms with Crippen molar-refractivity contribution < 1.29 is 17.6 Å². The third-order valence-electron chi connectivity index (χ3n) is 3.27. The predicted molar refractivity (Wildman–Crippen MR) is 94.9 cm³/mol. The first-order valence-corrected chi connectivity index (χ1v) is 6.94. The van der Waals surface area contributed by atoms with Gasteiger partial charge < -0.3 is 10.6 Å². The molecule has 2 aromatic rings. The Balaban J connectivity index is 0.00000312. The zero-order valence-electron chi connectivity index (χ0n) is 13.4. The van der Waals surface area contributed by atoms with Crippen molar-refractivity contribution in [3.63, 3.8) is 0 Å². The van der Waals surface area contributed by atoms with E-state index >= 15 is 0 Å². The minimum atomic E-state index is -4.63. The van der Waals surface area contributed by atoms with Crippen LogP contribution in [0.15, 0.2) is 29.5 Å². The maximum atomic E-state index is 13.1. The first-order valence-electron chi connectivity index (χ1n) is 6.94. The summed E-state index contributed by atoms with van der Waals surface area (Å²) in [6, 6.07) is 2.57. The molecule has 2 rings (SSSR count). The molecule has 0 aliphatic carbocycles. The molecule has 0 unspecified atom stereocenters. The molecule has 138 valence electrons. The van der Waals surface area contributed by atoms with Crippen LogP contribution in [-0.4, -0.2) is 27.8 Å². The topological polar surface area (TPSA) is 67.1 Å². The van der Waals surface area contributed by atoms with Crippen molar-refractivity contribution in [2.45, 2.75) is 19.3 Å². The molecule has 2 N–H and O–H groups in total. The minimum Gasteiger partial charge on any atom is -0.352 e. The molecule has 0 fully saturated rings. The zero-order valence-corrected chi connectivity index (χ0v) is 15.8. The first-order chi connectivity index (χ1) is 11.3. The highest BCUT2D eigenvalue weighted by Gasteiger charge is 2.33. The van der Waals surface area contributed by atoms with Gasteiger partial charge in [0.2, 0.25) is 0 Å². The lowest BCUT2D eigenvalue weighted by Gasteiger charge is -2.15. The summed E-state index contributed by atoms with van der Waals surface area (Å²) in [6.07, 6.45) is -3.24. The Kier molecular flexibility index (Phi) is 7.58. The third-order valence-corrected chi connectivity index (χ3v) is 3.27. The van der Waals surface area contributed by atoms with Crippen molar-refractivity contribution in [3.05, 3.63) is 47.3 Å². The molecule has 11 heteroatoms. The van der Waals surface area contributed by atoms with Crippen LogP contribution in [0.2, 0.25) is 0 Å². The van der Waals surface area contributed by atoms with Crippen LogP contribution in [0, 0.1) is 5.82 Å². The molecule has 1 aromatic heterocycles. The number of hydrogen-bond donors (Lipinski definition) is 2. The van der Waals surface area contributed by atoms with Crippen molar-refractivity contribution in [1.82, 2.24) is 25.4 Å². The van der Waals surface area contributed by atoms with Crippen LogP contribution in [0.4, 0.5) is 17.6 Å². The van der Waals surface area contributed by atoms with E-state index in [1.165, 1.54) is 13.4 Å². The average Bonchev–Trinajstić information content (AvgIpc) is 2.93. The number of aryl methyl sites for hydroxylation is 1. The second kappa shape index (κ2) is 8.97. The highest BCUT2D eigenvalue weighted by molar-refractivity contribution is 14.0. The van der Waals surface area contributed by atoms with Crippen LogP contribution in [0.5, 0.6) is 0 Å². The fourth-order valence-corrected chi connectivity index (χ4v) is 2.01. The van der Waals surface area contributed by atoms with E-state index in [1.54, 1.807) is 11.7 Å². The van der Waals surface area contributed by atoms with Crippen LogP contribution in [0.1, 0.15) is 17.0 Å². The van der Waals surface area contributed by atoms with E-state index in [9.17, 15) is 17.6 Å². The number of alkyl halides is 3. The summed E-state index contributed by atoms with van der Waals surface area (Å²) in [6.45, 7) is 0.138. The van der Waals surface area contributed by atoms with Gasteiger partial charge in [0.1, 0.15) is 18.0 Å². The van der Waals surface area contributed by atoms with Gasteiger partial charge >= 0.3 is 6.18 Å². The molecule has 25 heavy (non-hydrogen) atoms. The Bertz CT molecular complexity index is 728. The first kappa shape index (κ1) is 21.1. The van der Waals surface area contributed by atoms with Gasteiger partial charge in [-0.3, -0.25) is 9.67 Å². The SMILES string of the molecule is CN=C(NCc1ccc(F)cc1C(F)(F)F)NCc1ncnn1C.I. The van der Waals surface area contributed by atoms with Crippen molar-refractivity contribution >= 4 is 29.9 Å². The molecule has 0 spiro atoms. The van der Waals surface area contributed by atoms with Gasteiger partial charge in [-0.25, -0.2) is 9.37 Å². The minimum absolute atomic E-state index is 0. The van der Waals surface area contributed by atoms with Crippen LogP contribution >= 0.6 is 24.0 Å². The summed E-state index contributed by atoms with van der Waals surface area (Å²) in [5.74, 6) is -0.0120. The highest BCUT2D eigenvalue weighted by atomic mass is 127. The number of halogens is 5. The number of nitrogens with one attached hydrogen (secondary N) is 2. The lowest BCUT2D eigenvalue weighted by Crippen LogP contribution is -2.37. The predicted octanol–water partition coefficient (Wildman–Crippen LogP) is 2.46. The van der Waals surface area contributed by atoms with Gasteiger partial charge in [0.25, 0.3) is 0 Å². The molecule has 0 saturated heterocycles. The molecule has 0 aliphatic rings. The second-order valence-corrected chi connectivity index (χ2v) is 4.88. The summed E-state index contributed by atoms with van der Waals surface area (Å²) in [5.41, 5.74) is -1.09. The van der Waals surface area contributed by atoms with E-state index in [2.05, 4.69) is 25.7 Å². The van der Waals surface area contributed by atoms with Crippen molar-refractivity contribution in [2.24, 2.45) is 12.0 Å². The summed E-state index contributed by atoms with van der Waals surface area (Å²) < 4.78 is 53.5. The van der Waals surface area contributed by atoms with E-state index < -0.39 is 17.6 Å². The molecular formula is C14H17F4IN6. The van der Waals surface area contributed by atoms with Gasteiger partial charge in [-0.05, 0) is 17.7 Å². The summed E-state index contributed by atoms with van der Waals surface area (Å²) in [7, 11) is 3.20. The lowest BCUT2D eigenvalue weighted by molar-refractivity contribution is -0.138. The van der Waals surface area contributed by atoms with Gasteiger partial charge in [0, 0.05) is 20.6 Å². The van der Waals surface area contributed by atoms with E-state index in [1.807, 2.05) is 0 Å². The van der Waals surface area contributed by atoms with Crippen molar-refractivity contribution in [2.75, 3.05) is 7.05 Å². The van der Waals surface area contributed by atoms with Gasteiger partial charge in [0.05, 0.1) is 12.1 Å². The fourth-order valence-electron chi connectivity index (χ4n) is 2.01. The number of aromatic nitrogens is 3. The van der Waals surface area contributed by atoms with Crippen molar-refractivity contribution in [3.8, 4) is 0 Å². The normalized spacial score (nSPS) is 11.8. The van der Waals surface area contributed by atoms with Crippen LogP contribution in [0.25, 0.3) is 0 Å². The molecule has 0 aliphatic heterocycles. The number of hydrogen-bond acceptors (Lipinski definition) is 3. The third kappa shape index (κ3) is 5.83. The molecule has 1 heterocycles. The number of benzene rings is 1. The number of aliphatic imine (C=N–C) groups is 1. The highest BCUT2D eigenvalue weighted by Crippen LogP contribution is 2.32. The summed E-state index contributed by atoms with van der Waals surface area (Å²) in [4.78, 5) is 7.94. The van der Waals surface area contributed by atoms with Crippen LogP contribution in [-0.2, 0) is 26.3 Å².